The van der Waals surface area contributed by atoms with Crippen molar-refractivity contribution in [1.29, 1.82) is 0 Å². The Morgan fingerprint density at radius 1 is 1.38 bits per heavy atom. The Morgan fingerprint density at radius 2 is 2.14 bits per heavy atom. The molecule has 0 spiro atoms. The largest absolute Gasteiger partial charge is 0.380 e. The van der Waals surface area contributed by atoms with E-state index in [1.807, 2.05) is 31.2 Å². The first-order valence-corrected chi connectivity index (χ1v) is 8.96. The van der Waals surface area contributed by atoms with Crippen molar-refractivity contribution in [2.45, 2.75) is 31.7 Å². The van der Waals surface area contributed by atoms with Crippen LogP contribution < -0.4 is 5.32 Å². The summed E-state index contributed by atoms with van der Waals surface area (Å²) in [6.45, 7) is 4.84. The maximum atomic E-state index is 12.5. The Balaban J connectivity index is 2.05. The van der Waals surface area contributed by atoms with Crippen molar-refractivity contribution in [2.24, 2.45) is 0 Å². The summed E-state index contributed by atoms with van der Waals surface area (Å²) in [5.41, 5.74) is 1.94. The molecule has 1 aliphatic heterocycles. The second-order valence-electron chi connectivity index (χ2n) is 5.39. The molecule has 118 valence electrons. The van der Waals surface area contributed by atoms with Crippen LogP contribution in [0.5, 0.6) is 0 Å². The minimum absolute atomic E-state index is 0.0278. The van der Waals surface area contributed by atoms with Crippen LogP contribution in [0, 0.1) is 0 Å². The molecular formula is C15H24N2O3S. The normalized spacial score (nSPS) is 19.3. The summed E-state index contributed by atoms with van der Waals surface area (Å²) >= 11 is 0. The number of ether oxygens (including phenoxy) is 1. The molecule has 1 heterocycles. The average Bonchev–Trinajstić information content (AvgIpc) is 2.98. The summed E-state index contributed by atoms with van der Waals surface area (Å²) < 4.78 is 31.7. The van der Waals surface area contributed by atoms with Crippen molar-refractivity contribution >= 4 is 10.0 Å². The molecule has 1 saturated heterocycles. The first kappa shape index (κ1) is 16.4. The van der Waals surface area contributed by atoms with Gasteiger partial charge in [-0.15, -0.1) is 0 Å². The lowest BCUT2D eigenvalue weighted by molar-refractivity contribution is 0.181. The van der Waals surface area contributed by atoms with Gasteiger partial charge in [-0.1, -0.05) is 31.2 Å². The molecule has 1 aliphatic rings. The van der Waals surface area contributed by atoms with Crippen LogP contribution in [0.1, 0.15) is 24.5 Å². The van der Waals surface area contributed by atoms with E-state index in [1.165, 1.54) is 4.31 Å². The van der Waals surface area contributed by atoms with Crippen LogP contribution in [0.15, 0.2) is 24.3 Å². The second kappa shape index (κ2) is 7.35. The predicted octanol–water partition coefficient (Wildman–Crippen LogP) is 1.35. The van der Waals surface area contributed by atoms with E-state index >= 15 is 0 Å². The van der Waals surface area contributed by atoms with Crippen molar-refractivity contribution in [3.05, 3.63) is 35.4 Å². The molecule has 1 atom stereocenters. The Bertz CT molecular complexity index is 554. The van der Waals surface area contributed by atoms with Crippen LogP contribution in [0.4, 0.5) is 0 Å². The summed E-state index contributed by atoms with van der Waals surface area (Å²) in [7, 11) is -1.65. The van der Waals surface area contributed by atoms with Crippen LogP contribution in [-0.2, 0) is 27.1 Å². The Kier molecular flexibility index (Phi) is 5.75. The van der Waals surface area contributed by atoms with Gasteiger partial charge in [0.25, 0.3) is 0 Å². The standard InChI is InChI=1S/C15H24N2O3S/c1-3-16-10-13-5-4-6-14(9-13)12-21(18,19)17(2)15-7-8-20-11-15/h4-6,9,15-16H,3,7-8,10-12H2,1-2H3. The molecule has 1 fully saturated rings. The highest BCUT2D eigenvalue weighted by Crippen LogP contribution is 2.18. The molecule has 0 amide bonds. The molecule has 2 rings (SSSR count). The fourth-order valence-electron chi connectivity index (χ4n) is 2.45. The topological polar surface area (TPSA) is 58.6 Å². The quantitative estimate of drug-likeness (QED) is 0.825. The third kappa shape index (κ3) is 4.51. The first-order valence-electron chi connectivity index (χ1n) is 7.35. The van der Waals surface area contributed by atoms with Crippen molar-refractivity contribution in [1.82, 2.24) is 9.62 Å². The fourth-order valence-corrected chi connectivity index (χ4v) is 3.87. The highest BCUT2D eigenvalue weighted by atomic mass is 32.2. The molecule has 21 heavy (non-hydrogen) atoms. The molecule has 1 N–H and O–H groups in total. The first-order chi connectivity index (χ1) is 10.0. The minimum atomic E-state index is -3.30. The molecule has 0 radical (unpaired) electrons. The Hall–Kier alpha value is -0.950. The van der Waals surface area contributed by atoms with E-state index in [-0.39, 0.29) is 11.8 Å². The van der Waals surface area contributed by atoms with Gasteiger partial charge in [-0.2, -0.15) is 4.31 Å². The highest BCUT2D eigenvalue weighted by molar-refractivity contribution is 7.88. The van der Waals surface area contributed by atoms with E-state index in [4.69, 9.17) is 4.74 Å². The van der Waals surface area contributed by atoms with Gasteiger partial charge in [0.1, 0.15) is 0 Å². The van der Waals surface area contributed by atoms with Gasteiger partial charge in [0, 0.05) is 20.2 Å². The van der Waals surface area contributed by atoms with Crippen LogP contribution >= 0.6 is 0 Å². The third-order valence-corrected chi connectivity index (χ3v) is 5.65. The molecular weight excluding hydrogens is 288 g/mol. The number of nitrogens with one attached hydrogen (secondary N) is 1. The maximum Gasteiger partial charge on any atom is 0.218 e. The zero-order valence-electron chi connectivity index (χ0n) is 12.7. The van der Waals surface area contributed by atoms with E-state index in [2.05, 4.69) is 5.32 Å². The average molecular weight is 312 g/mol. The van der Waals surface area contributed by atoms with E-state index in [9.17, 15) is 8.42 Å². The number of hydrogen-bond acceptors (Lipinski definition) is 4. The van der Waals surface area contributed by atoms with Crippen molar-refractivity contribution in [3.63, 3.8) is 0 Å². The van der Waals surface area contributed by atoms with Crippen molar-refractivity contribution in [3.8, 4) is 0 Å². The molecule has 0 saturated carbocycles. The van der Waals surface area contributed by atoms with E-state index in [0.29, 0.717) is 13.2 Å². The van der Waals surface area contributed by atoms with Crippen LogP contribution in [-0.4, -0.2) is 45.6 Å². The highest BCUT2D eigenvalue weighted by Gasteiger charge is 2.29. The number of nitrogens with zero attached hydrogens (tertiary/aromatic N) is 1. The molecule has 0 bridgehead atoms. The molecule has 1 aromatic carbocycles. The van der Waals surface area contributed by atoms with Gasteiger partial charge in [-0.25, -0.2) is 8.42 Å². The fraction of sp³-hybridized carbons (Fsp3) is 0.600. The van der Waals surface area contributed by atoms with Gasteiger partial charge >= 0.3 is 0 Å². The molecule has 1 unspecified atom stereocenters. The Labute approximate surface area is 127 Å². The van der Waals surface area contributed by atoms with Gasteiger partial charge in [0.2, 0.25) is 10.0 Å². The Morgan fingerprint density at radius 3 is 2.81 bits per heavy atom. The van der Waals surface area contributed by atoms with Gasteiger partial charge in [-0.05, 0) is 24.1 Å². The third-order valence-electron chi connectivity index (χ3n) is 3.78. The lowest BCUT2D eigenvalue weighted by Gasteiger charge is -2.22. The number of likely N-dealkylation sites (N-methyl/N-ethyl adjacent to an activating group) is 1. The van der Waals surface area contributed by atoms with Crippen molar-refractivity contribution in [2.75, 3.05) is 26.8 Å². The molecule has 1 aromatic rings. The van der Waals surface area contributed by atoms with Gasteiger partial charge in [0.05, 0.1) is 18.4 Å². The molecule has 6 heteroatoms. The van der Waals surface area contributed by atoms with Gasteiger partial charge in [-0.3, -0.25) is 0 Å². The summed E-state index contributed by atoms with van der Waals surface area (Å²) in [6.07, 6.45) is 0.774. The van der Waals surface area contributed by atoms with E-state index < -0.39 is 10.0 Å². The number of benzene rings is 1. The van der Waals surface area contributed by atoms with Gasteiger partial charge in [0.15, 0.2) is 0 Å². The monoisotopic (exact) mass is 312 g/mol. The zero-order valence-corrected chi connectivity index (χ0v) is 13.5. The zero-order chi connectivity index (χ0) is 15.3. The molecule has 0 aromatic heterocycles. The molecule has 0 aliphatic carbocycles. The van der Waals surface area contributed by atoms with E-state index in [1.54, 1.807) is 7.05 Å². The second-order valence-corrected chi connectivity index (χ2v) is 7.42. The summed E-state index contributed by atoms with van der Waals surface area (Å²) in [6, 6.07) is 7.72. The molecule has 5 nitrogen and oxygen atoms in total. The SMILES string of the molecule is CCNCc1cccc(CS(=O)(=O)N(C)C2CCOC2)c1. The number of rotatable bonds is 7. The predicted molar refractivity (Wildman–Crippen MR) is 83.4 cm³/mol. The van der Waals surface area contributed by atoms with Crippen LogP contribution in [0.25, 0.3) is 0 Å². The smallest absolute Gasteiger partial charge is 0.218 e. The van der Waals surface area contributed by atoms with Crippen LogP contribution in [0.2, 0.25) is 0 Å². The number of sulfonamides is 1. The summed E-state index contributed by atoms with van der Waals surface area (Å²) in [5, 5.41) is 3.25. The van der Waals surface area contributed by atoms with Crippen LogP contribution in [0.3, 0.4) is 0 Å². The summed E-state index contributed by atoms with van der Waals surface area (Å²) in [4.78, 5) is 0. The minimum Gasteiger partial charge on any atom is -0.380 e. The summed E-state index contributed by atoms with van der Waals surface area (Å²) in [5.74, 6) is 0.0416. The maximum absolute atomic E-state index is 12.5. The van der Waals surface area contributed by atoms with Gasteiger partial charge < -0.3 is 10.1 Å². The van der Waals surface area contributed by atoms with E-state index in [0.717, 1.165) is 30.6 Å². The lowest BCUT2D eigenvalue weighted by Crippen LogP contribution is -2.38. The van der Waals surface area contributed by atoms with Crippen molar-refractivity contribution < 1.29 is 13.2 Å². The number of hydrogen-bond donors (Lipinski definition) is 1. The lowest BCUT2D eigenvalue weighted by atomic mass is 10.1.